The van der Waals surface area contributed by atoms with Crippen molar-refractivity contribution >= 4 is 29.4 Å². The van der Waals surface area contributed by atoms with Gasteiger partial charge >= 0.3 is 5.97 Å². The van der Waals surface area contributed by atoms with Crippen LogP contribution in [-0.4, -0.2) is 43.6 Å². The van der Waals surface area contributed by atoms with Crippen molar-refractivity contribution in [3.8, 4) is 5.75 Å². The van der Waals surface area contributed by atoms with Gasteiger partial charge < -0.3 is 20.1 Å². The molecule has 2 aromatic carbocycles. The minimum Gasteiger partial charge on any atom is -0.490 e. The number of carbonyl (C=O) groups is 3. The monoisotopic (exact) mass is 486 g/mol. The van der Waals surface area contributed by atoms with Crippen LogP contribution in [0.15, 0.2) is 42.5 Å². The first-order chi connectivity index (χ1) is 16.4. The summed E-state index contributed by atoms with van der Waals surface area (Å²) in [5.41, 5.74) is 1.91. The zero-order valence-electron chi connectivity index (χ0n) is 19.6. The molecule has 0 aromatic heterocycles. The third-order valence-corrected chi connectivity index (χ3v) is 6.08. The van der Waals surface area contributed by atoms with Gasteiger partial charge in [-0.1, -0.05) is 11.6 Å². The van der Waals surface area contributed by atoms with Crippen molar-refractivity contribution in [3.63, 3.8) is 0 Å². The molecule has 1 aliphatic carbocycles. The lowest BCUT2D eigenvalue weighted by molar-refractivity contribution is -0.149. The van der Waals surface area contributed by atoms with E-state index in [1.807, 2.05) is 19.9 Å². The van der Waals surface area contributed by atoms with Gasteiger partial charge in [-0.05, 0) is 87.6 Å². The zero-order chi connectivity index (χ0) is 24.5. The Balaban J connectivity index is 1.42. The molecule has 1 saturated carbocycles. The van der Waals surface area contributed by atoms with Gasteiger partial charge in [-0.15, -0.1) is 0 Å². The summed E-state index contributed by atoms with van der Waals surface area (Å²) in [6, 6.07) is 11.9. The molecule has 2 N–H and O–H groups in total. The Morgan fingerprint density at radius 1 is 0.912 bits per heavy atom. The molecule has 34 heavy (non-hydrogen) atoms. The first kappa shape index (κ1) is 25.6. The maximum atomic E-state index is 12.5. The van der Waals surface area contributed by atoms with Gasteiger partial charge in [-0.3, -0.25) is 14.4 Å². The number of rotatable bonds is 9. The van der Waals surface area contributed by atoms with Gasteiger partial charge in [-0.2, -0.15) is 0 Å². The van der Waals surface area contributed by atoms with Crippen LogP contribution in [0.5, 0.6) is 5.75 Å². The highest BCUT2D eigenvalue weighted by Crippen LogP contribution is 2.30. The molecule has 0 radical (unpaired) electrons. The van der Waals surface area contributed by atoms with E-state index in [2.05, 4.69) is 10.6 Å². The Morgan fingerprint density at radius 2 is 1.50 bits per heavy atom. The molecule has 0 saturated heterocycles. The number of halogens is 1. The summed E-state index contributed by atoms with van der Waals surface area (Å²) >= 11 is 5.83. The second-order valence-electron chi connectivity index (χ2n) is 8.34. The summed E-state index contributed by atoms with van der Waals surface area (Å²) in [6.45, 7) is 4.75. The Kier molecular flexibility index (Phi) is 9.33. The maximum Gasteiger partial charge on any atom is 0.308 e. The number of nitrogens with one attached hydrogen (secondary N) is 2. The standard InChI is InChI=1S/C26H31ClN2O5/c1-3-33-26(32)19-6-11-22(12-7-19)34-23-13-8-20(16-17(23)2)25(31)29-15-14-28-24(30)18-4-9-21(27)10-5-18/h4-5,8-10,13,16,19,22H,3,6-7,11-12,14-15H2,1-2H3,(H,28,30)(H,29,31). The highest BCUT2D eigenvalue weighted by Gasteiger charge is 2.28. The minimum atomic E-state index is -0.223. The quantitative estimate of drug-likeness (QED) is 0.407. The van der Waals surface area contributed by atoms with Crippen LogP contribution in [0.1, 0.15) is 58.9 Å². The highest BCUT2D eigenvalue weighted by molar-refractivity contribution is 6.30. The van der Waals surface area contributed by atoms with Crippen molar-refractivity contribution in [1.29, 1.82) is 0 Å². The summed E-state index contributed by atoms with van der Waals surface area (Å²) in [4.78, 5) is 36.5. The molecule has 0 aliphatic heterocycles. The average Bonchev–Trinajstić information content (AvgIpc) is 2.84. The van der Waals surface area contributed by atoms with Crippen LogP contribution in [0.2, 0.25) is 5.02 Å². The predicted octanol–water partition coefficient (Wildman–Crippen LogP) is 4.31. The van der Waals surface area contributed by atoms with Crippen molar-refractivity contribution in [2.24, 2.45) is 5.92 Å². The summed E-state index contributed by atoms with van der Waals surface area (Å²) < 4.78 is 11.3. The normalized spacial score (nSPS) is 17.5. The van der Waals surface area contributed by atoms with Gasteiger partial charge in [0, 0.05) is 29.2 Å². The molecule has 8 heteroatoms. The SMILES string of the molecule is CCOC(=O)C1CCC(Oc2ccc(C(=O)NCCNC(=O)c3ccc(Cl)cc3)cc2C)CC1. The molecule has 0 atom stereocenters. The van der Waals surface area contributed by atoms with Crippen molar-refractivity contribution in [2.75, 3.05) is 19.7 Å². The van der Waals surface area contributed by atoms with Crippen LogP contribution < -0.4 is 15.4 Å². The van der Waals surface area contributed by atoms with E-state index in [0.717, 1.165) is 37.0 Å². The Labute approximate surface area is 205 Å². The molecular weight excluding hydrogens is 456 g/mol. The van der Waals surface area contributed by atoms with E-state index in [9.17, 15) is 14.4 Å². The van der Waals surface area contributed by atoms with Crippen molar-refractivity contribution in [3.05, 3.63) is 64.2 Å². The number of aryl methyl sites for hydroxylation is 1. The predicted molar refractivity (Wildman–Crippen MR) is 130 cm³/mol. The summed E-state index contributed by atoms with van der Waals surface area (Å²) in [6.07, 6.45) is 3.17. The Hall–Kier alpha value is -3.06. The van der Waals surface area contributed by atoms with Crippen LogP contribution in [0.25, 0.3) is 0 Å². The van der Waals surface area contributed by atoms with Gasteiger partial charge in [0.1, 0.15) is 5.75 Å². The smallest absolute Gasteiger partial charge is 0.308 e. The molecule has 0 spiro atoms. The fraction of sp³-hybridized carbons (Fsp3) is 0.423. The van der Waals surface area contributed by atoms with Crippen LogP contribution in [0.3, 0.4) is 0 Å². The van der Waals surface area contributed by atoms with Crippen LogP contribution in [-0.2, 0) is 9.53 Å². The van der Waals surface area contributed by atoms with Gasteiger partial charge in [-0.25, -0.2) is 0 Å². The van der Waals surface area contributed by atoms with E-state index in [0.29, 0.717) is 35.8 Å². The number of esters is 1. The topological polar surface area (TPSA) is 93.7 Å². The summed E-state index contributed by atoms with van der Waals surface area (Å²) in [5.74, 6) is 0.149. The second kappa shape index (κ2) is 12.4. The second-order valence-corrected chi connectivity index (χ2v) is 8.78. The fourth-order valence-electron chi connectivity index (χ4n) is 3.94. The van der Waals surface area contributed by atoms with E-state index in [1.54, 1.807) is 36.4 Å². The number of carbonyl (C=O) groups excluding carboxylic acids is 3. The van der Waals surface area contributed by atoms with E-state index in [-0.39, 0.29) is 29.8 Å². The first-order valence-electron chi connectivity index (χ1n) is 11.6. The third-order valence-electron chi connectivity index (χ3n) is 5.83. The largest absolute Gasteiger partial charge is 0.490 e. The van der Waals surface area contributed by atoms with Gasteiger partial charge in [0.25, 0.3) is 11.8 Å². The fourth-order valence-corrected chi connectivity index (χ4v) is 4.06. The van der Waals surface area contributed by atoms with E-state index >= 15 is 0 Å². The van der Waals surface area contributed by atoms with E-state index in [4.69, 9.17) is 21.1 Å². The van der Waals surface area contributed by atoms with Gasteiger partial charge in [0.2, 0.25) is 0 Å². The summed E-state index contributed by atoms with van der Waals surface area (Å²) in [5, 5.41) is 6.14. The molecule has 0 heterocycles. The maximum absolute atomic E-state index is 12.5. The van der Waals surface area contributed by atoms with E-state index < -0.39 is 0 Å². The molecule has 182 valence electrons. The lowest BCUT2D eigenvalue weighted by Crippen LogP contribution is -2.34. The number of hydrogen-bond donors (Lipinski definition) is 2. The Bertz CT molecular complexity index is 1000. The molecule has 7 nitrogen and oxygen atoms in total. The third kappa shape index (κ3) is 7.22. The van der Waals surface area contributed by atoms with E-state index in [1.165, 1.54) is 0 Å². The average molecular weight is 487 g/mol. The summed E-state index contributed by atoms with van der Waals surface area (Å²) in [7, 11) is 0. The lowest BCUT2D eigenvalue weighted by atomic mass is 9.87. The minimum absolute atomic E-state index is 0.0389. The molecule has 1 aliphatic rings. The first-order valence-corrected chi connectivity index (χ1v) is 12.0. The molecule has 0 unspecified atom stereocenters. The number of benzene rings is 2. The van der Waals surface area contributed by atoms with Crippen molar-refractivity contribution < 1.29 is 23.9 Å². The molecule has 2 aromatic rings. The number of amides is 2. The number of ether oxygens (including phenoxy) is 2. The van der Waals surface area contributed by atoms with Gasteiger partial charge in [0.15, 0.2) is 0 Å². The van der Waals surface area contributed by atoms with Crippen LogP contribution >= 0.6 is 11.6 Å². The zero-order valence-corrected chi connectivity index (χ0v) is 20.3. The molecule has 1 fully saturated rings. The van der Waals surface area contributed by atoms with Crippen LogP contribution in [0, 0.1) is 12.8 Å². The number of hydrogen-bond acceptors (Lipinski definition) is 5. The van der Waals surface area contributed by atoms with Crippen LogP contribution in [0.4, 0.5) is 0 Å². The highest BCUT2D eigenvalue weighted by atomic mass is 35.5. The Morgan fingerprint density at radius 3 is 2.09 bits per heavy atom. The van der Waals surface area contributed by atoms with Crippen molar-refractivity contribution in [1.82, 2.24) is 10.6 Å². The lowest BCUT2D eigenvalue weighted by Gasteiger charge is -2.28. The van der Waals surface area contributed by atoms with Gasteiger partial charge in [0.05, 0.1) is 18.6 Å². The molecule has 0 bridgehead atoms. The molecule has 2 amide bonds. The molecule has 3 rings (SSSR count). The van der Waals surface area contributed by atoms with Crippen molar-refractivity contribution in [2.45, 2.75) is 45.6 Å². The molecular formula is C26H31ClN2O5.